The van der Waals surface area contributed by atoms with E-state index in [4.69, 9.17) is 4.74 Å². The molecule has 4 nitrogen and oxygen atoms in total. The van der Waals surface area contributed by atoms with Gasteiger partial charge in [-0.15, -0.1) is 0 Å². The van der Waals surface area contributed by atoms with Crippen molar-refractivity contribution in [3.63, 3.8) is 0 Å². The molecule has 0 saturated carbocycles. The average Bonchev–Trinajstić information content (AvgIpc) is 2.62. The maximum atomic E-state index is 5.30. The molecule has 1 unspecified atom stereocenters. The molecular formula is C20H27N3O. The molecule has 0 spiro atoms. The lowest BCUT2D eigenvalue weighted by molar-refractivity contribution is 0.411. The molecule has 0 aliphatic carbocycles. The summed E-state index contributed by atoms with van der Waals surface area (Å²) in [5.74, 6) is 2.15. The van der Waals surface area contributed by atoms with E-state index in [1.807, 2.05) is 12.1 Å². The number of nitrogens with zero attached hydrogens (tertiary/aromatic N) is 1. The van der Waals surface area contributed by atoms with Crippen LogP contribution in [0.3, 0.4) is 0 Å². The van der Waals surface area contributed by atoms with Crippen LogP contribution < -0.4 is 15.4 Å². The molecular weight excluding hydrogens is 298 g/mol. The van der Waals surface area contributed by atoms with Crippen molar-refractivity contribution in [2.45, 2.75) is 26.3 Å². The number of aliphatic imine (C=N–C) groups is 1. The van der Waals surface area contributed by atoms with Crippen molar-refractivity contribution in [1.82, 2.24) is 10.6 Å². The first-order chi connectivity index (χ1) is 11.6. The highest BCUT2D eigenvalue weighted by Gasteiger charge is 2.06. The zero-order valence-electron chi connectivity index (χ0n) is 15.0. The third-order valence-corrected chi connectivity index (χ3v) is 4.09. The number of hydrogen-bond donors (Lipinski definition) is 2. The Morgan fingerprint density at radius 1 is 1.12 bits per heavy atom. The quantitative estimate of drug-likeness (QED) is 0.631. The van der Waals surface area contributed by atoms with Crippen molar-refractivity contribution in [2.24, 2.45) is 4.99 Å². The van der Waals surface area contributed by atoms with Crippen molar-refractivity contribution < 1.29 is 4.74 Å². The van der Waals surface area contributed by atoms with Crippen molar-refractivity contribution in [1.29, 1.82) is 0 Å². The summed E-state index contributed by atoms with van der Waals surface area (Å²) in [4.78, 5) is 4.29. The summed E-state index contributed by atoms with van der Waals surface area (Å²) in [7, 11) is 3.49. The Labute approximate surface area is 145 Å². The molecule has 4 heteroatoms. The van der Waals surface area contributed by atoms with E-state index in [0.717, 1.165) is 30.4 Å². The highest BCUT2D eigenvalue weighted by atomic mass is 16.5. The molecule has 2 aromatic carbocycles. The molecule has 0 saturated heterocycles. The van der Waals surface area contributed by atoms with Gasteiger partial charge in [-0.25, -0.2) is 0 Å². The molecule has 0 bridgehead atoms. The van der Waals surface area contributed by atoms with Gasteiger partial charge < -0.3 is 15.4 Å². The first kappa shape index (κ1) is 17.9. The van der Waals surface area contributed by atoms with Crippen LogP contribution in [0, 0.1) is 6.92 Å². The Kier molecular flexibility index (Phi) is 6.67. The second kappa shape index (κ2) is 8.96. The summed E-state index contributed by atoms with van der Waals surface area (Å²) in [6.45, 7) is 5.83. The zero-order valence-corrected chi connectivity index (χ0v) is 15.0. The molecule has 0 aromatic heterocycles. The second-order valence-electron chi connectivity index (χ2n) is 5.92. The van der Waals surface area contributed by atoms with Gasteiger partial charge in [-0.3, -0.25) is 4.99 Å². The van der Waals surface area contributed by atoms with E-state index in [9.17, 15) is 0 Å². The number of hydrogen-bond acceptors (Lipinski definition) is 2. The van der Waals surface area contributed by atoms with E-state index in [2.05, 4.69) is 65.9 Å². The summed E-state index contributed by atoms with van der Waals surface area (Å²) in [5, 5.41) is 6.74. The Hall–Kier alpha value is -2.49. The number of ether oxygens (including phenoxy) is 1. The van der Waals surface area contributed by atoms with Gasteiger partial charge in [0.1, 0.15) is 5.75 Å². The normalized spacial score (nSPS) is 12.6. The Morgan fingerprint density at radius 3 is 2.50 bits per heavy atom. The Balaban J connectivity index is 1.85. The van der Waals surface area contributed by atoms with E-state index >= 15 is 0 Å². The van der Waals surface area contributed by atoms with Crippen LogP contribution in [0.1, 0.15) is 29.5 Å². The summed E-state index contributed by atoms with van der Waals surface area (Å²) in [6.07, 6.45) is 0. The fraction of sp³-hybridized carbons (Fsp3) is 0.350. The summed E-state index contributed by atoms with van der Waals surface area (Å²) in [6, 6.07) is 16.7. The van der Waals surface area contributed by atoms with Crippen LogP contribution in [0.25, 0.3) is 0 Å². The van der Waals surface area contributed by atoms with Gasteiger partial charge in [0.2, 0.25) is 0 Å². The fourth-order valence-corrected chi connectivity index (χ4v) is 2.61. The summed E-state index contributed by atoms with van der Waals surface area (Å²) >= 11 is 0. The number of guanidine groups is 1. The van der Waals surface area contributed by atoms with Crippen LogP contribution in [-0.2, 0) is 6.54 Å². The van der Waals surface area contributed by atoms with Crippen LogP contribution >= 0.6 is 0 Å². The van der Waals surface area contributed by atoms with Crippen LogP contribution in [0.5, 0.6) is 5.75 Å². The number of rotatable bonds is 6. The number of aryl methyl sites for hydroxylation is 1. The lowest BCUT2D eigenvalue weighted by Gasteiger charge is -2.16. The van der Waals surface area contributed by atoms with E-state index in [-0.39, 0.29) is 0 Å². The molecule has 1 atom stereocenters. The minimum Gasteiger partial charge on any atom is -0.496 e. The van der Waals surface area contributed by atoms with E-state index < -0.39 is 0 Å². The molecule has 0 amide bonds. The van der Waals surface area contributed by atoms with Crippen LogP contribution in [0.4, 0.5) is 0 Å². The monoisotopic (exact) mass is 325 g/mol. The van der Waals surface area contributed by atoms with Crippen molar-refractivity contribution in [3.8, 4) is 5.75 Å². The van der Waals surface area contributed by atoms with E-state index in [0.29, 0.717) is 5.92 Å². The topological polar surface area (TPSA) is 45.7 Å². The molecule has 2 aromatic rings. The predicted molar refractivity (Wildman–Crippen MR) is 101 cm³/mol. The first-order valence-electron chi connectivity index (χ1n) is 8.27. The SMILES string of the molecule is CN=C(NCc1ccc(OC)c(C)c1)NCC(C)c1ccccc1. The van der Waals surface area contributed by atoms with Crippen molar-refractivity contribution in [2.75, 3.05) is 20.7 Å². The fourth-order valence-electron chi connectivity index (χ4n) is 2.61. The lowest BCUT2D eigenvalue weighted by atomic mass is 10.0. The van der Waals surface area contributed by atoms with Gasteiger partial charge in [-0.05, 0) is 35.6 Å². The maximum Gasteiger partial charge on any atom is 0.191 e. The van der Waals surface area contributed by atoms with Gasteiger partial charge in [0.05, 0.1) is 7.11 Å². The Morgan fingerprint density at radius 2 is 1.88 bits per heavy atom. The average molecular weight is 325 g/mol. The van der Waals surface area contributed by atoms with Gasteiger partial charge in [-0.2, -0.15) is 0 Å². The van der Waals surface area contributed by atoms with Crippen LogP contribution in [-0.4, -0.2) is 26.7 Å². The molecule has 0 heterocycles. The molecule has 2 N–H and O–H groups in total. The van der Waals surface area contributed by atoms with Crippen LogP contribution in [0.15, 0.2) is 53.5 Å². The van der Waals surface area contributed by atoms with Gasteiger partial charge in [0.15, 0.2) is 5.96 Å². The molecule has 2 rings (SSSR count). The highest BCUT2D eigenvalue weighted by molar-refractivity contribution is 5.79. The Bertz CT molecular complexity index is 668. The summed E-state index contributed by atoms with van der Waals surface area (Å²) < 4.78 is 5.30. The first-order valence-corrected chi connectivity index (χ1v) is 8.27. The van der Waals surface area contributed by atoms with E-state index in [1.54, 1.807) is 14.2 Å². The van der Waals surface area contributed by atoms with Crippen molar-refractivity contribution >= 4 is 5.96 Å². The summed E-state index contributed by atoms with van der Waals surface area (Å²) in [5.41, 5.74) is 3.66. The minimum atomic E-state index is 0.424. The second-order valence-corrected chi connectivity index (χ2v) is 5.92. The molecule has 0 aliphatic heterocycles. The standard InChI is InChI=1S/C20H27N3O/c1-15-12-17(10-11-19(15)24-4)14-23-20(21-3)22-13-16(2)18-8-6-5-7-9-18/h5-12,16H,13-14H2,1-4H3,(H2,21,22,23). The van der Waals surface area contributed by atoms with Crippen LogP contribution in [0.2, 0.25) is 0 Å². The number of methoxy groups -OCH3 is 1. The molecule has 0 aliphatic rings. The molecule has 0 radical (unpaired) electrons. The minimum absolute atomic E-state index is 0.424. The smallest absolute Gasteiger partial charge is 0.191 e. The lowest BCUT2D eigenvalue weighted by Crippen LogP contribution is -2.38. The van der Waals surface area contributed by atoms with Gasteiger partial charge >= 0.3 is 0 Å². The number of benzene rings is 2. The van der Waals surface area contributed by atoms with Gasteiger partial charge in [0, 0.05) is 20.1 Å². The number of nitrogens with one attached hydrogen (secondary N) is 2. The maximum absolute atomic E-state index is 5.30. The van der Waals surface area contributed by atoms with Crippen molar-refractivity contribution in [3.05, 3.63) is 65.2 Å². The molecule has 0 fully saturated rings. The third-order valence-electron chi connectivity index (χ3n) is 4.09. The predicted octanol–water partition coefficient (Wildman–Crippen LogP) is 3.47. The molecule has 128 valence electrons. The van der Waals surface area contributed by atoms with Gasteiger partial charge in [-0.1, -0.05) is 49.4 Å². The molecule has 24 heavy (non-hydrogen) atoms. The third kappa shape index (κ3) is 5.01. The highest BCUT2D eigenvalue weighted by Crippen LogP contribution is 2.18. The zero-order chi connectivity index (χ0) is 17.4. The largest absolute Gasteiger partial charge is 0.496 e. The van der Waals surface area contributed by atoms with E-state index in [1.165, 1.54) is 11.1 Å². The van der Waals surface area contributed by atoms with Gasteiger partial charge in [0.25, 0.3) is 0 Å².